The largest absolute Gasteiger partial charge is 0.475 e. The molecule has 3 atom stereocenters. The van der Waals surface area contributed by atoms with Crippen molar-refractivity contribution in [1.82, 2.24) is 16.0 Å². The molecule has 3 rings (SSSR count). The maximum absolute atomic E-state index is 15.1. The number of amides is 3. The van der Waals surface area contributed by atoms with Crippen LogP contribution in [0.1, 0.15) is 188 Å². The van der Waals surface area contributed by atoms with Crippen LogP contribution in [-0.4, -0.2) is 37.5 Å². The van der Waals surface area contributed by atoms with Crippen LogP contribution in [0.4, 0.5) is 0 Å². The minimum atomic E-state index is -4.47. The number of hydrogen-bond acceptors (Lipinski definition) is 7. The average molecular weight is 876 g/mol. The predicted octanol–water partition coefficient (Wildman–Crippen LogP) is 12.7. The number of hydrogen-bond donors (Lipinski definition) is 3. The second-order valence-corrected chi connectivity index (χ2v) is 18.4. The molecular weight excluding hydrogens is 798 g/mol. The lowest BCUT2D eigenvalue weighted by Gasteiger charge is -2.28. The summed E-state index contributed by atoms with van der Waals surface area (Å²) in [4.78, 5) is 40.1. The highest BCUT2D eigenvalue weighted by Gasteiger charge is 2.34. The number of aryl methyl sites for hydroxylation is 3. The van der Waals surface area contributed by atoms with Crippen molar-refractivity contribution in [2.24, 2.45) is 0 Å². The van der Waals surface area contributed by atoms with Gasteiger partial charge in [-0.3, -0.25) is 28.0 Å². The fourth-order valence-electron chi connectivity index (χ4n) is 7.64. The Morgan fingerprint density at radius 3 is 0.952 bits per heavy atom. The molecule has 3 unspecified atom stereocenters. The zero-order valence-electron chi connectivity index (χ0n) is 38.8. The molecule has 0 aliphatic carbocycles. The van der Waals surface area contributed by atoms with Crippen molar-refractivity contribution in [2.75, 3.05) is 19.8 Å². The van der Waals surface area contributed by atoms with E-state index < -0.39 is 25.9 Å². The summed E-state index contributed by atoms with van der Waals surface area (Å²) in [6.45, 7) is 11.8. The number of phosphoric acid groups is 1. The fraction of sp³-hybridized carbons (Fsp3) is 0.588. The van der Waals surface area contributed by atoms with Crippen LogP contribution in [0.3, 0.4) is 0 Å². The van der Waals surface area contributed by atoms with E-state index in [1.807, 2.05) is 93.6 Å². The first-order valence-electron chi connectivity index (χ1n) is 23.6. The summed E-state index contributed by atoms with van der Waals surface area (Å²) in [6, 6.07) is 21.2. The van der Waals surface area contributed by atoms with E-state index in [0.29, 0.717) is 19.3 Å². The number of carbonyl (C=O) groups excluding carboxylic acids is 3. The lowest BCUT2D eigenvalue weighted by molar-refractivity contribution is -0.123. The number of rotatable bonds is 33. The number of benzene rings is 3. The molecule has 0 saturated carbocycles. The maximum Gasteiger partial charge on any atom is 0.475 e. The zero-order chi connectivity index (χ0) is 45.0. The summed E-state index contributed by atoms with van der Waals surface area (Å²) in [5.41, 5.74) is 5.30. The highest BCUT2D eigenvalue weighted by molar-refractivity contribution is 7.48. The summed E-state index contributed by atoms with van der Waals surface area (Å²) in [7, 11) is -4.47. The molecule has 0 saturated heterocycles. The average Bonchev–Trinajstić information content (AvgIpc) is 3.26. The molecule has 3 amide bonds. The maximum atomic E-state index is 15.1. The smallest absolute Gasteiger partial charge is 0.347 e. The van der Waals surface area contributed by atoms with Crippen molar-refractivity contribution < 1.29 is 32.5 Å². The first kappa shape index (κ1) is 52.5. The molecule has 0 radical (unpaired) electrons. The van der Waals surface area contributed by atoms with Gasteiger partial charge in [0.1, 0.15) is 0 Å². The third-order valence-corrected chi connectivity index (χ3v) is 12.8. The molecule has 0 spiro atoms. The van der Waals surface area contributed by atoms with Gasteiger partial charge in [-0.2, -0.15) is 0 Å². The Kier molecular flexibility index (Phi) is 25.7. The minimum Gasteiger partial charge on any atom is -0.347 e. The first-order chi connectivity index (χ1) is 30.0. The van der Waals surface area contributed by atoms with E-state index in [4.69, 9.17) is 13.6 Å². The van der Waals surface area contributed by atoms with Gasteiger partial charge < -0.3 is 16.0 Å². The Labute approximate surface area is 374 Å². The van der Waals surface area contributed by atoms with Gasteiger partial charge in [-0.1, -0.05) is 171 Å². The van der Waals surface area contributed by atoms with Gasteiger partial charge in [0.2, 0.25) is 17.7 Å². The SMILES string of the molecule is CCCCCCCC(=O)NC(COP(=O)(OCC(NC(=O)CCCCCCC)c1ccccc1C)OCC(NC(=O)CCCCCCC)c1ccccc1C)c1ccccc1C. The zero-order valence-corrected chi connectivity index (χ0v) is 39.7. The van der Waals surface area contributed by atoms with E-state index in [1.54, 1.807) is 0 Å². The predicted molar refractivity (Wildman–Crippen MR) is 252 cm³/mol. The highest BCUT2D eigenvalue weighted by Crippen LogP contribution is 2.51. The third-order valence-electron chi connectivity index (χ3n) is 11.4. The fourth-order valence-corrected chi connectivity index (χ4v) is 8.86. The van der Waals surface area contributed by atoms with Gasteiger partial charge in [0.15, 0.2) is 0 Å². The Bertz CT molecular complexity index is 1600. The minimum absolute atomic E-state index is 0.121. The van der Waals surface area contributed by atoms with Crippen molar-refractivity contribution in [3.05, 3.63) is 106 Å². The lowest BCUT2D eigenvalue weighted by atomic mass is 10.0. The van der Waals surface area contributed by atoms with E-state index in [0.717, 1.165) is 130 Å². The van der Waals surface area contributed by atoms with E-state index >= 15 is 4.57 Å². The van der Waals surface area contributed by atoms with Crippen LogP contribution in [0.15, 0.2) is 72.8 Å². The second kappa shape index (κ2) is 30.3. The van der Waals surface area contributed by atoms with Crippen molar-refractivity contribution in [1.29, 1.82) is 0 Å². The van der Waals surface area contributed by atoms with Gasteiger partial charge in [0.05, 0.1) is 37.9 Å². The normalized spacial score (nSPS) is 13.8. The molecule has 0 fully saturated rings. The number of unbranched alkanes of at least 4 members (excludes halogenated alkanes) is 12. The second-order valence-electron chi connectivity index (χ2n) is 16.8. The molecule has 3 N–H and O–H groups in total. The standard InChI is InChI=1S/C51H78N3O7P/c1-7-10-13-16-19-34-49(55)52-46(43-31-25-22-28-40(43)4)37-59-62(58,60-38-47(44-32-26-23-29-41(44)5)53-50(56)35-20-17-14-11-8-2)61-39-48(45-33-27-24-30-42(45)6)54-51(57)36-21-18-15-12-9-3/h22-33,46-48H,7-21,34-39H2,1-6H3,(H,52,55)(H,53,56)(H,54,57). The van der Waals surface area contributed by atoms with E-state index in [1.165, 1.54) is 0 Å². The van der Waals surface area contributed by atoms with Gasteiger partial charge in [-0.25, -0.2) is 4.57 Å². The monoisotopic (exact) mass is 876 g/mol. The van der Waals surface area contributed by atoms with E-state index in [-0.39, 0.29) is 37.5 Å². The Hall–Kier alpha value is -3.82. The van der Waals surface area contributed by atoms with Crippen molar-refractivity contribution in [3.8, 4) is 0 Å². The quantitative estimate of drug-likeness (QED) is 0.0410. The van der Waals surface area contributed by atoms with Crippen LogP contribution in [0.5, 0.6) is 0 Å². The molecular formula is C51H78N3O7P. The van der Waals surface area contributed by atoms with Crippen LogP contribution in [0.25, 0.3) is 0 Å². The Balaban J connectivity index is 1.94. The molecule has 0 aromatic heterocycles. The molecule has 0 heterocycles. The molecule has 3 aromatic carbocycles. The van der Waals surface area contributed by atoms with Crippen LogP contribution in [-0.2, 0) is 32.5 Å². The van der Waals surface area contributed by atoms with Crippen LogP contribution in [0.2, 0.25) is 0 Å². The number of carbonyl (C=O) groups is 3. The Morgan fingerprint density at radius 1 is 0.435 bits per heavy atom. The van der Waals surface area contributed by atoms with Gasteiger partial charge in [-0.15, -0.1) is 0 Å². The van der Waals surface area contributed by atoms with Crippen molar-refractivity contribution in [2.45, 2.75) is 175 Å². The van der Waals surface area contributed by atoms with Gasteiger partial charge in [0, 0.05) is 19.3 Å². The van der Waals surface area contributed by atoms with Gasteiger partial charge in [-0.05, 0) is 73.4 Å². The molecule has 344 valence electrons. The Morgan fingerprint density at radius 2 is 0.694 bits per heavy atom. The van der Waals surface area contributed by atoms with Crippen molar-refractivity contribution >= 4 is 25.5 Å². The topological polar surface area (TPSA) is 132 Å². The molecule has 11 heteroatoms. The number of phosphoric ester groups is 1. The molecule has 0 aliphatic heterocycles. The molecule has 10 nitrogen and oxygen atoms in total. The third kappa shape index (κ3) is 20.1. The summed E-state index contributed by atoms with van der Waals surface area (Å²) in [5.74, 6) is -0.364. The molecule has 0 bridgehead atoms. The molecule has 0 aliphatic rings. The van der Waals surface area contributed by atoms with E-state index in [2.05, 4.69) is 36.7 Å². The van der Waals surface area contributed by atoms with Crippen LogP contribution >= 0.6 is 7.82 Å². The molecule has 62 heavy (non-hydrogen) atoms. The summed E-state index contributed by atoms with van der Waals surface area (Å²) >= 11 is 0. The summed E-state index contributed by atoms with van der Waals surface area (Å²) < 4.78 is 34.0. The summed E-state index contributed by atoms with van der Waals surface area (Å²) in [6.07, 6.45) is 16.3. The summed E-state index contributed by atoms with van der Waals surface area (Å²) in [5, 5.41) is 9.42. The first-order valence-corrected chi connectivity index (χ1v) is 25.0. The highest BCUT2D eigenvalue weighted by atomic mass is 31.2. The van der Waals surface area contributed by atoms with Crippen molar-refractivity contribution in [3.63, 3.8) is 0 Å². The molecule has 3 aromatic rings. The lowest BCUT2D eigenvalue weighted by Crippen LogP contribution is -2.34. The van der Waals surface area contributed by atoms with Gasteiger partial charge >= 0.3 is 7.82 Å². The van der Waals surface area contributed by atoms with E-state index in [9.17, 15) is 14.4 Å². The van der Waals surface area contributed by atoms with Crippen LogP contribution < -0.4 is 16.0 Å². The number of nitrogens with one attached hydrogen (secondary N) is 3. The van der Waals surface area contributed by atoms with Gasteiger partial charge in [0.25, 0.3) is 0 Å². The van der Waals surface area contributed by atoms with Crippen LogP contribution in [0, 0.1) is 20.8 Å².